The monoisotopic (exact) mass is 446 g/mol. The smallest absolute Gasteiger partial charge is 0.344 e. The Morgan fingerprint density at radius 3 is 2.09 bits per heavy atom. The van der Waals surface area contributed by atoms with E-state index in [1.165, 1.54) is 38.5 Å². The van der Waals surface area contributed by atoms with Gasteiger partial charge in [-0.3, -0.25) is 4.79 Å². The normalized spacial score (nSPS) is 37.7. The van der Waals surface area contributed by atoms with Crippen molar-refractivity contribution in [1.29, 1.82) is 0 Å². The molecule has 32 heavy (non-hydrogen) atoms. The third-order valence-corrected chi connectivity index (χ3v) is 10.1. The SMILES string of the molecule is CCC1(C)CC2(C(C)(C)OC(=O)COC(=O)C(C3CC3)C(C)(C)C)CC3CC(CC1C3)C2. The van der Waals surface area contributed by atoms with Crippen LogP contribution in [-0.4, -0.2) is 24.1 Å². The summed E-state index contributed by atoms with van der Waals surface area (Å²) in [6, 6.07) is 0. The third kappa shape index (κ3) is 4.37. The number of ether oxygens (including phenoxy) is 2. The number of hydrogen-bond acceptors (Lipinski definition) is 4. The summed E-state index contributed by atoms with van der Waals surface area (Å²) >= 11 is 0. The first-order chi connectivity index (χ1) is 14.8. The number of rotatable bonds is 7. The largest absolute Gasteiger partial charge is 0.457 e. The summed E-state index contributed by atoms with van der Waals surface area (Å²) in [6.07, 6.45) is 10.9. The maximum Gasteiger partial charge on any atom is 0.344 e. The second kappa shape index (κ2) is 8.01. The molecule has 4 bridgehead atoms. The molecule has 0 aromatic carbocycles. The highest BCUT2D eigenvalue weighted by atomic mass is 16.6. The topological polar surface area (TPSA) is 52.6 Å². The van der Waals surface area contributed by atoms with E-state index in [9.17, 15) is 9.59 Å². The second-order valence-corrected chi connectivity index (χ2v) is 13.8. The molecule has 0 heterocycles. The first-order valence-electron chi connectivity index (χ1n) is 13.2. The van der Waals surface area contributed by atoms with Crippen LogP contribution in [0, 0.1) is 45.8 Å². The van der Waals surface area contributed by atoms with Crippen LogP contribution in [0.2, 0.25) is 0 Å². The van der Waals surface area contributed by atoms with Gasteiger partial charge in [-0.15, -0.1) is 0 Å². The Bertz CT molecular complexity index is 729. The molecule has 0 radical (unpaired) electrons. The number of fused-ring (bicyclic) bond motifs is 1. The van der Waals surface area contributed by atoms with Gasteiger partial charge in [-0.2, -0.15) is 0 Å². The zero-order chi connectivity index (χ0) is 23.5. The van der Waals surface area contributed by atoms with Gasteiger partial charge in [0.25, 0.3) is 0 Å². The van der Waals surface area contributed by atoms with Crippen molar-refractivity contribution >= 4 is 11.9 Å². The van der Waals surface area contributed by atoms with E-state index in [4.69, 9.17) is 9.47 Å². The summed E-state index contributed by atoms with van der Waals surface area (Å²) in [5.74, 6) is 1.98. The predicted octanol–water partition coefficient (Wildman–Crippen LogP) is 6.56. The maximum atomic E-state index is 12.9. The second-order valence-electron chi connectivity index (χ2n) is 13.8. The molecule has 5 aliphatic rings. The van der Waals surface area contributed by atoms with E-state index in [-0.39, 0.29) is 29.3 Å². The highest BCUT2D eigenvalue weighted by molar-refractivity contribution is 5.79. The van der Waals surface area contributed by atoms with E-state index < -0.39 is 11.6 Å². The Morgan fingerprint density at radius 2 is 1.59 bits per heavy atom. The van der Waals surface area contributed by atoms with Crippen molar-refractivity contribution in [3.8, 4) is 0 Å². The van der Waals surface area contributed by atoms with Gasteiger partial charge in [-0.1, -0.05) is 41.0 Å². The van der Waals surface area contributed by atoms with Crippen LogP contribution in [-0.2, 0) is 19.1 Å². The molecule has 4 unspecified atom stereocenters. The minimum atomic E-state index is -0.553. The van der Waals surface area contributed by atoms with Crippen LogP contribution in [0.15, 0.2) is 0 Å². The fourth-order valence-corrected chi connectivity index (χ4v) is 8.16. The summed E-state index contributed by atoms with van der Waals surface area (Å²) in [7, 11) is 0. The Hall–Kier alpha value is -1.06. The van der Waals surface area contributed by atoms with Crippen LogP contribution in [0.4, 0.5) is 0 Å². The molecule has 4 nitrogen and oxygen atoms in total. The molecule has 5 aliphatic carbocycles. The van der Waals surface area contributed by atoms with Gasteiger partial charge < -0.3 is 9.47 Å². The number of hydrogen-bond donors (Lipinski definition) is 0. The Balaban J connectivity index is 1.44. The van der Waals surface area contributed by atoms with Crippen LogP contribution in [0.5, 0.6) is 0 Å². The molecule has 0 aromatic heterocycles. The quantitative estimate of drug-likeness (QED) is 0.416. The van der Waals surface area contributed by atoms with Gasteiger partial charge in [-0.25, -0.2) is 4.79 Å². The molecule has 182 valence electrons. The van der Waals surface area contributed by atoms with E-state index in [1.54, 1.807) is 0 Å². The van der Waals surface area contributed by atoms with Gasteiger partial charge >= 0.3 is 11.9 Å². The fourth-order valence-electron chi connectivity index (χ4n) is 8.16. The van der Waals surface area contributed by atoms with E-state index >= 15 is 0 Å². The summed E-state index contributed by atoms with van der Waals surface area (Å²) in [4.78, 5) is 25.7. The Morgan fingerprint density at radius 1 is 1.00 bits per heavy atom. The van der Waals surface area contributed by atoms with E-state index in [2.05, 4.69) is 48.5 Å². The van der Waals surface area contributed by atoms with Crippen LogP contribution in [0.1, 0.15) is 106 Å². The molecule has 5 fully saturated rings. The van der Waals surface area contributed by atoms with Gasteiger partial charge in [0.15, 0.2) is 6.61 Å². The van der Waals surface area contributed by atoms with Crippen molar-refractivity contribution in [2.24, 2.45) is 45.8 Å². The molecule has 0 saturated heterocycles. The lowest BCUT2D eigenvalue weighted by Gasteiger charge is -2.52. The lowest BCUT2D eigenvalue weighted by atomic mass is 9.56. The zero-order valence-electron chi connectivity index (χ0n) is 21.6. The molecule has 4 heteroatoms. The minimum absolute atomic E-state index is 0.0260. The first-order valence-corrected chi connectivity index (χ1v) is 13.2. The molecule has 4 atom stereocenters. The fraction of sp³-hybridized carbons (Fsp3) is 0.929. The molecule has 0 spiro atoms. The van der Waals surface area contributed by atoms with Gasteiger partial charge in [0, 0.05) is 5.41 Å². The van der Waals surface area contributed by atoms with Crippen LogP contribution >= 0.6 is 0 Å². The molecule has 0 amide bonds. The summed E-state index contributed by atoms with van der Waals surface area (Å²) in [6.45, 7) is 15.0. The van der Waals surface area contributed by atoms with Crippen LogP contribution < -0.4 is 0 Å². The number of esters is 2. The number of carbonyl (C=O) groups is 2. The number of carbonyl (C=O) groups excluding carboxylic acids is 2. The molecule has 0 aromatic rings. The summed E-state index contributed by atoms with van der Waals surface area (Å²) in [5, 5.41) is 0. The molecule has 0 N–H and O–H groups in total. The maximum absolute atomic E-state index is 12.9. The first kappa shape index (κ1) is 24.1. The Kier molecular flexibility index (Phi) is 6.03. The van der Waals surface area contributed by atoms with Gasteiger partial charge in [0.2, 0.25) is 0 Å². The van der Waals surface area contributed by atoms with Crippen molar-refractivity contribution in [3.05, 3.63) is 0 Å². The Labute approximate surface area is 195 Å². The highest BCUT2D eigenvalue weighted by Gasteiger charge is 2.60. The van der Waals surface area contributed by atoms with Crippen molar-refractivity contribution in [1.82, 2.24) is 0 Å². The van der Waals surface area contributed by atoms with Crippen molar-refractivity contribution in [2.45, 2.75) is 112 Å². The summed E-state index contributed by atoms with van der Waals surface area (Å²) < 4.78 is 11.7. The lowest BCUT2D eigenvalue weighted by Crippen LogP contribution is -2.52. The van der Waals surface area contributed by atoms with E-state index in [0.29, 0.717) is 11.3 Å². The zero-order valence-corrected chi connectivity index (χ0v) is 21.6. The summed E-state index contributed by atoms with van der Waals surface area (Å²) in [5.41, 5.74) is -0.352. The average Bonchev–Trinajstić information content (AvgIpc) is 3.49. The highest BCUT2D eigenvalue weighted by Crippen LogP contribution is 2.66. The van der Waals surface area contributed by atoms with Gasteiger partial charge in [0.05, 0.1) is 5.92 Å². The minimum Gasteiger partial charge on any atom is -0.457 e. The average molecular weight is 447 g/mol. The molecule has 0 aliphatic heterocycles. The van der Waals surface area contributed by atoms with Crippen molar-refractivity contribution < 1.29 is 19.1 Å². The van der Waals surface area contributed by atoms with Gasteiger partial charge in [-0.05, 0) is 99.7 Å². The standard InChI is InChI=1S/C28H46O4/c1-8-27(7)17-28(14-18-11-19(15-28)13-21(27)12-18)26(5,6)32-22(29)16-31-24(30)23(20-9-10-20)25(2,3)4/h18-21,23H,8-17H2,1-7H3. The predicted molar refractivity (Wildman–Crippen MR) is 126 cm³/mol. The molecule has 5 saturated carbocycles. The van der Waals surface area contributed by atoms with Gasteiger partial charge in [0.1, 0.15) is 5.60 Å². The van der Waals surface area contributed by atoms with E-state index in [1.807, 2.05) is 0 Å². The molecular formula is C28H46O4. The molecule has 5 rings (SSSR count). The molecular weight excluding hydrogens is 400 g/mol. The van der Waals surface area contributed by atoms with Crippen LogP contribution in [0.3, 0.4) is 0 Å². The van der Waals surface area contributed by atoms with Crippen molar-refractivity contribution in [3.63, 3.8) is 0 Å². The lowest BCUT2D eigenvalue weighted by molar-refractivity contribution is -0.189. The van der Waals surface area contributed by atoms with Crippen LogP contribution in [0.25, 0.3) is 0 Å². The third-order valence-electron chi connectivity index (χ3n) is 10.1. The van der Waals surface area contributed by atoms with E-state index in [0.717, 1.165) is 37.0 Å². The van der Waals surface area contributed by atoms with Crippen molar-refractivity contribution in [2.75, 3.05) is 6.61 Å².